The molecule has 0 saturated heterocycles. The number of rotatable bonds is 1. The van der Waals surface area contributed by atoms with Crippen LogP contribution in [0.5, 0.6) is 0 Å². The first-order valence-corrected chi connectivity index (χ1v) is 5.41. The van der Waals surface area contributed by atoms with E-state index in [1.807, 2.05) is 59.4 Å². The molecule has 2 aromatic rings. The summed E-state index contributed by atoms with van der Waals surface area (Å²) < 4.78 is 33.5. The van der Waals surface area contributed by atoms with E-state index in [1.165, 1.54) is 0 Å². The van der Waals surface area contributed by atoms with Gasteiger partial charge in [0.25, 0.3) is 0 Å². The number of halogens is 3. The number of aromatic nitrogens is 1. The van der Waals surface area contributed by atoms with Gasteiger partial charge in [0.15, 0.2) is 12.4 Å². The first-order chi connectivity index (χ1) is 9.32. The number of alkyl halides is 3. The standard InChI is InChI=1S/C11H11N2.C2HF3O2/c12-10-6-2-3-7-11(10)13-8-4-1-5-9-13;3-2(4,5)1(6)7/h1-9H,12H2;(H,6,7)/q+1;/p-1. The number of para-hydroxylation sites is 2. The van der Waals surface area contributed by atoms with Gasteiger partial charge in [-0.2, -0.15) is 17.7 Å². The molecule has 0 amide bonds. The van der Waals surface area contributed by atoms with Crippen LogP contribution >= 0.6 is 0 Å². The number of benzene rings is 1. The minimum Gasteiger partial charge on any atom is -0.542 e. The SMILES string of the molecule is Nc1ccccc1-[n+]1ccccc1.O=C([O-])C(F)(F)F. The number of hydrogen-bond donors (Lipinski definition) is 1. The fourth-order valence-electron chi connectivity index (χ4n) is 1.28. The van der Waals surface area contributed by atoms with E-state index in [4.69, 9.17) is 15.6 Å². The van der Waals surface area contributed by atoms with Crippen molar-refractivity contribution in [3.63, 3.8) is 0 Å². The van der Waals surface area contributed by atoms with Crippen LogP contribution in [-0.4, -0.2) is 12.1 Å². The molecule has 0 bridgehead atoms. The van der Waals surface area contributed by atoms with E-state index in [-0.39, 0.29) is 0 Å². The quantitative estimate of drug-likeness (QED) is 0.623. The molecule has 20 heavy (non-hydrogen) atoms. The fraction of sp³-hybridized carbons (Fsp3) is 0.0769. The topological polar surface area (TPSA) is 70.0 Å². The van der Waals surface area contributed by atoms with Gasteiger partial charge in [-0.05, 0) is 6.07 Å². The lowest BCUT2D eigenvalue weighted by atomic mass is 10.2. The first kappa shape index (κ1) is 15.5. The van der Waals surface area contributed by atoms with Crippen LogP contribution in [0.3, 0.4) is 0 Å². The highest BCUT2D eigenvalue weighted by Crippen LogP contribution is 2.11. The second-order valence-electron chi connectivity index (χ2n) is 3.63. The van der Waals surface area contributed by atoms with Gasteiger partial charge in [0, 0.05) is 18.2 Å². The molecule has 0 unspecified atom stereocenters. The molecule has 4 nitrogen and oxygen atoms in total. The second-order valence-corrected chi connectivity index (χ2v) is 3.63. The molecule has 0 aliphatic carbocycles. The molecule has 0 radical (unpaired) electrons. The van der Waals surface area contributed by atoms with Crippen molar-refractivity contribution in [1.29, 1.82) is 0 Å². The van der Waals surface area contributed by atoms with Crippen molar-refractivity contribution in [3.05, 3.63) is 54.9 Å². The number of carboxylic acids is 1. The van der Waals surface area contributed by atoms with Gasteiger partial charge in [-0.1, -0.05) is 18.2 Å². The number of aliphatic carboxylic acids is 1. The molecule has 2 N–H and O–H groups in total. The summed E-state index contributed by atoms with van der Waals surface area (Å²) in [7, 11) is 0. The minimum absolute atomic E-state index is 0.790. The van der Waals surface area contributed by atoms with Gasteiger partial charge in [0.1, 0.15) is 11.7 Å². The average molecular weight is 284 g/mol. The minimum atomic E-state index is -5.19. The number of carbonyl (C=O) groups is 1. The molecule has 0 aliphatic heterocycles. The lowest BCUT2D eigenvalue weighted by molar-refractivity contribution is -0.594. The van der Waals surface area contributed by atoms with Crippen LogP contribution in [0.1, 0.15) is 0 Å². The molecule has 1 aromatic heterocycles. The summed E-state index contributed by atoms with van der Waals surface area (Å²) in [4.78, 5) is 8.78. The Hall–Kier alpha value is -2.57. The zero-order valence-electron chi connectivity index (χ0n) is 10.2. The highest BCUT2D eigenvalue weighted by Gasteiger charge is 2.28. The van der Waals surface area contributed by atoms with E-state index >= 15 is 0 Å². The monoisotopic (exact) mass is 284 g/mol. The maximum Gasteiger partial charge on any atom is 0.430 e. The zero-order chi connectivity index (χ0) is 15.2. The Bertz CT molecular complexity index is 571. The summed E-state index contributed by atoms with van der Waals surface area (Å²) in [6, 6.07) is 13.7. The number of carboxylic acid groups (broad SMARTS) is 1. The normalized spacial score (nSPS) is 10.3. The molecule has 2 rings (SSSR count). The molecule has 0 aliphatic rings. The molecule has 106 valence electrons. The summed E-state index contributed by atoms with van der Waals surface area (Å²) in [5.74, 6) is -3.01. The highest BCUT2D eigenvalue weighted by molar-refractivity contribution is 5.70. The lowest BCUT2D eigenvalue weighted by Gasteiger charge is -2.03. The highest BCUT2D eigenvalue weighted by atomic mass is 19.4. The Morgan fingerprint density at radius 1 is 1.05 bits per heavy atom. The summed E-state index contributed by atoms with van der Waals surface area (Å²) in [6.45, 7) is 0. The van der Waals surface area contributed by atoms with Crippen LogP contribution < -0.4 is 15.4 Å². The average Bonchev–Trinajstić information content (AvgIpc) is 2.40. The molecule has 1 aromatic carbocycles. The number of carbonyl (C=O) groups excluding carboxylic acids is 1. The van der Waals surface area contributed by atoms with E-state index in [2.05, 4.69) is 0 Å². The Morgan fingerprint density at radius 3 is 2.00 bits per heavy atom. The number of nitrogens with zero attached hydrogens (tertiary/aromatic N) is 1. The van der Waals surface area contributed by atoms with Crippen molar-refractivity contribution in [2.45, 2.75) is 6.18 Å². The Morgan fingerprint density at radius 2 is 1.55 bits per heavy atom. The smallest absolute Gasteiger partial charge is 0.430 e. The molecule has 0 fully saturated rings. The van der Waals surface area contributed by atoms with Crippen molar-refractivity contribution in [1.82, 2.24) is 0 Å². The van der Waals surface area contributed by atoms with Crippen molar-refractivity contribution >= 4 is 11.7 Å². The lowest BCUT2D eigenvalue weighted by Crippen LogP contribution is -2.37. The van der Waals surface area contributed by atoms with Crippen LogP contribution in [-0.2, 0) is 4.79 Å². The molecule has 7 heteroatoms. The molecule has 0 atom stereocenters. The second kappa shape index (κ2) is 6.55. The maximum atomic E-state index is 10.5. The van der Waals surface area contributed by atoms with Gasteiger partial charge >= 0.3 is 6.18 Å². The van der Waals surface area contributed by atoms with E-state index in [9.17, 15) is 13.2 Å². The number of anilines is 1. The van der Waals surface area contributed by atoms with Crippen molar-refractivity contribution in [3.8, 4) is 5.69 Å². The number of pyridine rings is 1. The summed E-state index contributed by atoms with van der Waals surface area (Å²) in [5.41, 5.74) is 7.64. The largest absolute Gasteiger partial charge is 0.542 e. The predicted molar refractivity (Wildman–Crippen MR) is 63.4 cm³/mol. The Labute approximate surface area is 112 Å². The van der Waals surface area contributed by atoms with Crippen molar-refractivity contribution in [2.24, 2.45) is 0 Å². The van der Waals surface area contributed by atoms with Crippen LogP contribution in [0.25, 0.3) is 5.69 Å². The molecular weight excluding hydrogens is 273 g/mol. The fourth-order valence-corrected chi connectivity index (χ4v) is 1.28. The van der Waals surface area contributed by atoms with E-state index in [0.717, 1.165) is 11.4 Å². The van der Waals surface area contributed by atoms with Crippen LogP contribution in [0, 0.1) is 0 Å². The Balaban J connectivity index is 0.000000246. The molecule has 1 heterocycles. The third kappa shape index (κ3) is 4.60. The van der Waals surface area contributed by atoms with Gasteiger partial charge < -0.3 is 15.6 Å². The van der Waals surface area contributed by atoms with Gasteiger partial charge in [0.2, 0.25) is 5.69 Å². The molecular formula is C13H11F3N2O2. The van der Waals surface area contributed by atoms with E-state index in [0.29, 0.717) is 0 Å². The zero-order valence-corrected chi connectivity index (χ0v) is 10.2. The van der Waals surface area contributed by atoms with Crippen molar-refractivity contribution in [2.75, 3.05) is 5.73 Å². The van der Waals surface area contributed by atoms with Gasteiger partial charge in [-0.3, -0.25) is 0 Å². The number of hydrogen-bond acceptors (Lipinski definition) is 3. The summed E-state index contributed by atoms with van der Waals surface area (Å²) in [6.07, 6.45) is -1.24. The maximum absolute atomic E-state index is 10.5. The first-order valence-electron chi connectivity index (χ1n) is 5.41. The van der Waals surface area contributed by atoms with Gasteiger partial charge in [-0.15, -0.1) is 0 Å². The van der Waals surface area contributed by atoms with E-state index < -0.39 is 12.1 Å². The van der Waals surface area contributed by atoms with Gasteiger partial charge in [0.05, 0.1) is 0 Å². The van der Waals surface area contributed by atoms with E-state index in [1.54, 1.807) is 0 Å². The van der Waals surface area contributed by atoms with Gasteiger partial charge in [-0.25, -0.2) is 0 Å². The molecule has 0 spiro atoms. The molecule has 0 saturated carbocycles. The van der Waals surface area contributed by atoms with Crippen LogP contribution in [0.4, 0.5) is 18.9 Å². The number of nitrogens with two attached hydrogens (primary N) is 1. The van der Waals surface area contributed by atoms with Crippen molar-refractivity contribution < 1.29 is 27.6 Å². The van der Waals surface area contributed by atoms with Crippen LogP contribution in [0.15, 0.2) is 54.9 Å². The Kier molecular flexibility index (Phi) is 5.08. The third-order valence-corrected chi connectivity index (χ3v) is 2.16. The third-order valence-electron chi connectivity index (χ3n) is 2.16. The predicted octanol–water partition coefficient (Wildman–Crippen LogP) is 0.844. The van der Waals surface area contributed by atoms with Crippen LogP contribution in [0.2, 0.25) is 0 Å². The number of nitrogen functional groups attached to an aromatic ring is 1. The summed E-state index contributed by atoms with van der Waals surface area (Å²) >= 11 is 0. The summed E-state index contributed by atoms with van der Waals surface area (Å²) in [5, 5.41) is 8.78.